The van der Waals surface area contributed by atoms with Crippen LogP contribution < -0.4 is 15.5 Å². The minimum absolute atomic E-state index is 0.0327. The van der Waals surface area contributed by atoms with Crippen molar-refractivity contribution in [1.29, 1.82) is 0 Å². The summed E-state index contributed by atoms with van der Waals surface area (Å²) in [6.07, 6.45) is 1.78. The molecule has 0 unspecified atom stereocenters. The fourth-order valence-electron chi connectivity index (χ4n) is 2.54. The Kier molecular flexibility index (Phi) is 4.29. The predicted molar refractivity (Wildman–Crippen MR) is 86.0 cm³/mol. The molecule has 3 amide bonds. The third kappa shape index (κ3) is 3.76. The lowest BCUT2D eigenvalue weighted by Crippen LogP contribution is -2.44. The number of likely N-dealkylation sites (N-methyl/N-ethyl adjacent to an activating group) is 1. The second-order valence-corrected chi connectivity index (χ2v) is 6.05. The first-order valence-electron chi connectivity index (χ1n) is 7.77. The van der Waals surface area contributed by atoms with Gasteiger partial charge in [-0.05, 0) is 44.2 Å². The summed E-state index contributed by atoms with van der Waals surface area (Å²) in [7, 11) is 2.13. The zero-order valence-corrected chi connectivity index (χ0v) is 12.8. The Morgan fingerprint density at radius 2 is 1.68 bits per heavy atom. The molecule has 1 aliphatic carbocycles. The Labute approximate surface area is 130 Å². The third-order valence-electron chi connectivity index (χ3n) is 4.18. The van der Waals surface area contributed by atoms with E-state index in [1.54, 1.807) is 0 Å². The maximum absolute atomic E-state index is 11.7. The van der Waals surface area contributed by atoms with Gasteiger partial charge < -0.3 is 15.1 Å². The van der Waals surface area contributed by atoms with E-state index < -0.39 is 6.03 Å². The van der Waals surface area contributed by atoms with E-state index in [4.69, 9.17) is 0 Å². The largest absolute Gasteiger partial charge is 0.369 e. The standard InChI is InChI=1S/C16H22N4O2/c1-19-8-10-20(11-9-19)14-6-4-13(5-7-14)17-16(22)18-15(21)12-2-3-12/h4-7,12H,2-3,8-11H2,1H3,(H2,17,18,21,22). The molecule has 0 radical (unpaired) electrons. The fraction of sp³-hybridized carbons (Fsp3) is 0.500. The van der Waals surface area contributed by atoms with Crippen molar-refractivity contribution in [3.63, 3.8) is 0 Å². The van der Waals surface area contributed by atoms with E-state index in [1.165, 1.54) is 0 Å². The normalized spacial score (nSPS) is 18.9. The molecule has 1 aromatic carbocycles. The van der Waals surface area contributed by atoms with Crippen molar-refractivity contribution in [2.24, 2.45) is 5.92 Å². The summed E-state index contributed by atoms with van der Waals surface area (Å²) in [5.41, 5.74) is 1.85. The smallest absolute Gasteiger partial charge is 0.325 e. The van der Waals surface area contributed by atoms with Gasteiger partial charge in [0.15, 0.2) is 0 Å². The Balaban J connectivity index is 1.52. The monoisotopic (exact) mass is 302 g/mol. The number of nitrogens with zero attached hydrogens (tertiary/aromatic N) is 2. The van der Waals surface area contributed by atoms with Crippen LogP contribution in [0, 0.1) is 5.92 Å². The molecule has 6 heteroatoms. The molecule has 0 bridgehead atoms. The molecule has 2 N–H and O–H groups in total. The number of rotatable bonds is 3. The summed E-state index contributed by atoms with van der Waals surface area (Å²) >= 11 is 0. The molecule has 3 rings (SSSR count). The Bertz CT molecular complexity index is 546. The van der Waals surface area contributed by atoms with Crippen LogP contribution in [0.15, 0.2) is 24.3 Å². The average molecular weight is 302 g/mol. The van der Waals surface area contributed by atoms with E-state index in [1.807, 2.05) is 24.3 Å². The van der Waals surface area contributed by atoms with Gasteiger partial charge in [-0.25, -0.2) is 4.79 Å². The van der Waals surface area contributed by atoms with E-state index >= 15 is 0 Å². The molecule has 1 saturated heterocycles. The van der Waals surface area contributed by atoms with Gasteiger partial charge in [0.2, 0.25) is 5.91 Å². The lowest BCUT2D eigenvalue weighted by Gasteiger charge is -2.34. The second kappa shape index (κ2) is 6.36. The van der Waals surface area contributed by atoms with Crippen LogP contribution in [-0.2, 0) is 4.79 Å². The second-order valence-electron chi connectivity index (χ2n) is 6.05. The van der Waals surface area contributed by atoms with Gasteiger partial charge in [-0.2, -0.15) is 0 Å². The number of amides is 3. The summed E-state index contributed by atoms with van der Waals surface area (Å²) < 4.78 is 0. The van der Waals surface area contributed by atoms with Crippen LogP contribution in [0.1, 0.15) is 12.8 Å². The van der Waals surface area contributed by atoms with Crippen LogP contribution in [0.5, 0.6) is 0 Å². The Hall–Kier alpha value is -2.08. The highest BCUT2D eigenvalue weighted by Crippen LogP contribution is 2.28. The quantitative estimate of drug-likeness (QED) is 0.888. The topological polar surface area (TPSA) is 64.7 Å². The first-order valence-corrected chi connectivity index (χ1v) is 7.77. The van der Waals surface area contributed by atoms with Gasteiger partial charge in [-0.1, -0.05) is 0 Å². The maximum atomic E-state index is 11.7. The van der Waals surface area contributed by atoms with Crippen LogP contribution in [0.2, 0.25) is 0 Å². The van der Waals surface area contributed by atoms with Crippen molar-refractivity contribution in [3.8, 4) is 0 Å². The number of benzene rings is 1. The molecule has 1 aliphatic heterocycles. The number of carbonyl (C=O) groups excluding carboxylic acids is 2. The molecule has 0 aromatic heterocycles. The molecule has 22 heavy (non-hydrogen) atoms. The first kappa shape index (κ1) is 14.8. The highest BCUT2D eigenvalue weighted by Gasteiger charge is 2.30. The van der Waals surface area contributed by atoms with Crippen molar-refractivity contribution in [2.45, 2.75) is 12.8 Å². The number of hydrogen-bond donors (Lipinski definition) is 2. The first-order chi connectivity index (χ1) is 10.6. The molecular weight excluding hydrogens is 280 g/mol. The molecular formula is C16H22N4O2. The minimum Gasteiger partial charge on any atom is -0.369 e. The van der Waals surface area contributed by atoms with Gasteiger partial charge in [0.05, 0.1) is 0 Å². The van der Waals surface area contributed by atoms with Crippen LogP contribution >= 0.6 is 0 Å². The number of hydrogen-bond acceptors (Lipinski definition) is 4. The van der Waals surface area contributed by atoms with E-state index in [0.29, 0.717) is 5.69 Å². The van der Waals surface area contributed by atoms with Gasteiger partial charge in [0, 0.05) is 43.5 Å². The van der Waals surface area contributed by atoms with Crippen LogP contribution in [-0.4, -0.2) is 50.1 Å². The van der Waals surface area contributed by atoms with Crippen molar-refractivity contribution in [2.75, 3.05) is 43.4 Å². The van der Waals surface area contributed by atoms with Crippen LogP contribution in [0.25, 0.3) is 0 Å². The minimum atomic E-state index is -0.454. The SMILES string of the molecule is CN1CCN(c2ccc(NC(=O)NC(=O)C3CC3)cc2)CC1. The molecule has 1 heterocycles. The van der Waals surface area contributed by atoms with Crippen molar-refractivity contribution < 1.29 is 9.59 Å². The van der Waals surface area contributed by atoms with Gasteiger partial charge in [0.25, 0.3) is 0 Å². The zero-order chi connectivity index (χ0) is 15.5. The van der Waals surface area contributed by atoms with Gasteiger partial charge >= 0.3 is 6.03 Å². The van der Waals surface area contributed by atoms with Crippen molar-refractivity contribution >= 4 is 23.3 Å². The van der Waals surface area contributed by atoms with Gasteiger partial charge in [0.1, 0.15) is 0 Å². The number of nitrogens with one attached hydrogen (secondary N) is 2. The van der Waals surface area contributed by atoms with Gasteiger partial charge in [-0.15, -0.1) is 0 Å². The number of anilines is 2. The molecule has 0 spiro atoms. The zero-order valence-electron chi connectivity index (χ0n) is 12.8. The summed E-state index contributed by atoms with van der Waals surface area (Å²) in [5, 5.41) is 5.06. The van der Waals surface area contributed by atoms with Crippen molar-refractivity contribution in [1.82, 2.24) is 10.2 Å². The number of piperazine rings is 1. The van der Waals surface area contributed by atoms with E-state index in [9.17, 15) is 9.59 Å². The maximum Gasteiger partial charge on any atom is 0.325 e. The van der Waals surface area contributed by atoms with E-state index in [2.05, 4.69) is 27.5 Å². The highest BCUT2D eigenvalue weighted by molar-refractivity contribution is 6.02. The molecule has 1 saturated carbocycles. The molecule has 1 aromatic rings. The molecule has 0 atom stereocenters. The van der Waals surface area contributed by atoms with E-state index in [-0.39, 0.29) is 11.8 Å². The summed E-state index contributed by atoms with van der Waals surface area (Å²) in [6.45, 7) is 4.15. The number of imide groups is 1. The number of urea groups is 1. The predicted octanol–water partition coefficient (Wildman–Crippen LogP) is 1.50. The third-order valence-corrected chi connectivity index (χ3v) is 4.18. The van der Waals surface area contributed by atoms with Gasteiger partial charge in [-0.3, -0.25) is 10.1 Å². The highest BCUT2D eigenvalue weighted by atomic mass is 16.2. The summed E-state index contributed by atoms with van der Waals surface area (Å²) in [4.78, 5) is 27.9. The molecule has 2 aliphatic rings. The lowest BCUT2D eigenvalue weighted by molar-refractivity contribution is -0.121. The molecule has 6 nitrogen and oxygen atoms in total. The van der Waals surface area contributed by atoms with Crippen LogP contribution in [0.4, 0.5) is 16.2 Å². The fourth-order valence-corrected chi connectivity index (χ4v) is 2.54. The average Bonchev–Trinajstić information content (AvgIpc) is 3.33. The summed E-state index contributed by atoms with van der Waals surface area (Å²) in [6, 6.07) is 7.29. The number of carbonyl (C=O) groups is 2. The summed E-state index contributed by atoms with van der Waals surface area (Å²) in [5.74, 6) is -0.142. The van der Waals surface area contributed by atoms with Crippen molar-refractivity contribution in [3.05, 3.63) is 24.3 Å². The molecule has 118 valence electrons. The molecule has 2 fully saturated rings. The van der Waals surface area contributed by atoms with E-state index in [0.717, 1.165) is 44.7 Å². The Morgan fingerprint density at radius 1 is 1.05 bits per heavy atom. The van der Waals surface area contributed by atoms with Crippen LogP contribution in [0.3, 0.4) is 0 Å². The Morgan fingerprint density at radius 3 is 2.27 bits per heavy atom. The lowest BCUT2D eigenvalue weighted by atomic mass is 10.2.